The number of urea groups is 1. The summed E-state index contributed by atoms with van der Waals surface area (Å²) in [5, 5.41) is 11.4. The van der Waals surface area contributed by atoms with Crippen molar-refractivity contribution < 1.29 is 19.1 Å². The fraction of sp³-hybridized carbons (Fsp3) is 0.733. The van der Waals surface area contributed by atoms with Crippen LogP contribution in [0.1, 0.15) is 32.6 Å². The first kappa shape index (κ1) is 17.2. The van der Waals surface area contributed by atoms with Crippen LogP contribution in [-0.4, -0.2) is 66.0 Å². The molecule has 0 aromatic rings. The molecule has 1 N–H and O–H groups in total. The number of rotatable bonds is 5. The zero-order chi connectivity index (χ0) is 17.0. The standard InChI is InChI=1S/C15H22N4O4/c1-11(12(20)23-2)18-9-5-15(6-10-18)13(21)19(14(22)17-15)8-4-3-7-16/h11H,3-6,8-10H2,1-2H3,(H,17,22). The minimum atomic E-state index is -0.865. The summed E-state index contributed by atoms with van der Waals surface area (Å²) in [4.78, 5) is 39.4. The zero-order valence-electron chi connectivity index (χ0n) is 13.5. The van der Waals surface area contributed by atoms with Crippen molar-refractivity contribution in [3.8, 4) is 6.07 Å². The van der Waals surface area contributed by atoms with Gasteiger partial charge in [0, 0.05) is 26.1 Å². The number of piperidine rings is 1. The summed E-state index contributed by atoms with van der Waals surface area (Å²) in [6.45, 7) is 3.11. The summed E-state index contributed by atoms with van der Waals surface area (Å²) in [5.74, 6) is -0.522. The second-order valence-electron chi connectivity index (χ2n) is 5.97. The molecule has 1 atom stereocenters. The van der Waals surface area contributed by atoms with Crippen LogP contribution >= 0.6 is 0 Å². The van der Waals surface area contributed by atoms with E-state index in [1.165, 1.54) is 12.0 Å². The first-order chi connectivity index (χ1) is 10.9. The van der Waals surface area contributed by atoms with Crippen LogP contribution in [0, 0.1) is 11.3 Å². The topological polar surface area (TPSA) is 103 Å². The number of likely N-dealkylation sites (tertiary alicyclic amines) is 1. The van der Waals surface area contributed by atoms with E-state index in [2.05, 4.69) is 5.32 Å². The van der Waals surface area contributed by atoms with Crippen LogP contribution in [-0.2, 0) is 14.3 Å². The van der Waals surface area contributed by atoms with Gasteiger partial charge in [0.15, 0.2) is 0 Å². The number of nitrogens with one attached hydrogen (secondary N) is 1. The predicted octanol–water partition coefficient (Wildman–Crippen LogP) is 0.238. The van der Waals surface area contributed by atoms with Crippen LogP contribution in [0.3, 0.4) is 0 Å². The van der Waals surface area contributed by atoms with Gasteiger partial charge in [-0.25, -0.2) is 4.79 Å². The number of carbonyl (C=O) groups is 3. The van der Waals surface area contributed by atoms with Crippen LogP contribution < -0.4 is 5.32 Å². The lowest BCUT2D eigenvalue weighted by atomic mass is 9.87. The van der Waals surface area contributed by atoms with Crippen LogP contribution in [0.5, 0.6) is 0 Å². The Balaban J connectivity index is 1.97. The highest BCUT2D eigenvalue weighted by Gasteiger charge is 2.52. The molecule has 1 unspecified atom stereocenters. The Kier molecular flexibility index (Phi) is 5.21. The van der Waals surface area contributed by atoms with Gasteiger partial charge in [0.1, 0.15) is 11.6 Å². The zero-order valence-corrected chi connectivity index (χ0v) is 13.5. The molecular weight excluding hydrogens is 300 g/mol. The number of hydrogen-bond acceptors (Lipinski definition) is 6. The van der Waals surface area contributed by atoms with E-state index in [-0.39, 0.29) is 30.5 Å². The number of unbranched alkanes of at least 4 members (excludes halogenated alkanes) is 1. The molecule has 2 aliphatic heterocycles. The Bertz CT molecular complexity index is 534. The molecule has 2 saturated heterocycles. The molecule has 8 nitrogen and oxygen atoms in total. The number of methoxy groups -OCH3 is 1. The fourth-order valence-electron chi connectivity index (χ4n) is 3.15. The highest BCUT2D eigenvalue weighted by molar-refractivity contribution is 6.07. The first-order valence-corrected chi connectivity index (χ1v) is 7.78. The lowest BCUT2D eigenvalue weighted by Gasteiger charge is -2.39. The number of nitriles is 1. The molecular formula is C15H22N4O4. The van der Waals surface area contributed by atoms with Gasteiger partial charge >= 0.3 is 12.0 Å². The van der Waals surface area contributed by atoms with Gasteiger partial charge in [-0.2, -0.15) is 5.26 Å². The van der Waals surface area contributed by atoms with Crippen molar-refractivity contribution in [3.05, 3.63) is 0 Å². The SMILES string of the molecule is COC(=O)C(C)N1CCC2(CC1)NC(=O)N(CCCC#N)C2=O. The van der Waals surface area contributed by atoms with Crippen molar-refractivity contribution in [2.75, 3.05) is 26.7 Å². The summed E-state index contributed by atoms with van der Waals surface area (Å²) in [5.41, 5.74) is -0.865. The maximum absolute atomic E-state index is 12.6. The van der Waals surface area contributed by atoms with E-state index in [1.54, 1.807) is 6.92 Å². The molecule has 126 valence electrons. The molecule has 2 aliphatic rings. The van der Waals surface area contributed by atoms with Crippen molar-refractivity contribution in [1.82, 2.24) is 15.1 Å². The fourth-order valence-corrected chi connectivity index (χ4v) is 3.15. The van der Waals surface area contributed by atoms with E-state index in [0.29, 0.717) is 38.8 Å². The normalized spacial score (nSPS) is 21.9. The molecule has 2 heterocycles. The molecule has 0 saturated carbocycles. The second-order valence-corrected chi connectivity index (χ2v) is 5.97. The van der Waals surface area contributed by atoms with Gasteiger partial charge < -0.3 is 10.1 Å². The molecule has 0 aliphatic carbocycles. The van der Waals surface area contributed by atoms with Crippen LogP contribution in [0.15, 0.2) is 0 Å². The average molecular weight is 322 g/mol. The van der Waals surface area contributed by atoms with E-state index in [4.69, 9.17) is 10.00 Å². The Hall–Kier alpha value is -2.14. The van der Waals surface area contributed by atoms with Gasteiger partial charge in [-0.15, -0.1) is 0 Å². The number of amides is 3. The van der Waals surface area contributed by atoms with E-state index in [9.17, 15) is 14.4 Å². The smallest absolute Gasteiger partial charge is 0.325 e. The van der Waals surface area contributed by atoms with Crippen LogP contribution in [0.2, 0.25) is 0 Å². The number of nitrogens with zero attached hydrogens (tertiary/aromatic N) is 3. The maximum atomic E-state index is 12.6. The summed E-state index contributed by atoms with van der Waals surface area (Å²) in [7, 11) is 1.35. The number of esters is 1. The Morgan fingerprint density at radius 2 is 2.09 bits per heavy atom. The maximum Gasteiger partial charge on any atom is 0.325 e. The molecule has 0 bridgehead atoms. The minimum absolute atomic E-state index is 0.217. The van der Waals surface area contributed by atoms with Crippen molar-refractivity contribution in [3.63, 3.8) is 0 Å². The molecule has 3 amide bonds. The molecule has 0 aromatic carbocycles. The summed E-state index contributed by atoms with van der Waals surface area (Å²) in [6.07, 6.45) is 1.73. The van der Waals surface area contributed by atoms with Gasteiger partial charge in [-0.05, 0) is 26.2 Å². The van der Waals surface area contributed by atoms with Gasteiger partial charge in [0.2, 0.25) is 0 Å². The van der Waals surface area contributed by atoms with E-state index in [1.807, 2.05) is 11.0 Å². The first-order valence-electron chi connectivity index (χ1n) is 7.78. The average Bonchev–Trinajstić information content (AvgIpc) is 2.78. The van der Waals surface area contributed by atoms with Gasteiger partial charge in [0.05, 0.1) is 13.2 Å². The molecule has 8 heteroatoms. The highest BCUT2D eigenvalue weighted by Crippen LogP contribution is 2.30. The quantitative estimate of drug-likeness (QED) is 0.442. The summed E-state index contributed by atoms with van der Waals surface area (Å²) in [6, 6.07) is 1.26. The molecule has 0 aromatic heterocycles. The predicted molar refractivity (Wildman–Crippen MR) is 80.1 cm³/mol. The van der Waals surface area contributed by atoms with Crippen molar-refractivity contribution in [2.45, 2.75) is 44.2 Å². The lowest BCUT2D eigenvalue weighted by Crippen LogP contribution is -2.57. The van der Waals surface area contributed by atoms with Crippen LogP contribution in [0.4, 0.5) is 4.79 Å². The Labute approximate surface area is 135 Å². The van der Waals surface area contributed by atoms with E-state index in [0.717, 1.165) is 0 Å². The molecule has 0 radical (unpaired) electrons. The van der Waals surface area contributed by atoms with Gasteiger partial charge in [-0.3, -0.25) is 19.4 Å². The minimum Gasteiger partial charge on any atom is -0.468 e. The van der Waals surface area contributed by atoms with Crippen LogP contribution in [0.25, 0.3) is 0 Å². The number of imide groups is 1. The molecule has 2 fully saturated rings. The number of hydrogen-bond donors (Lipinski definition) is 1. The third-order valence-electron chi connectivity index (χ3n) is 4.66. The van der Waals surface area contributed by atoms with Crippen molar-refractivity contribution in [2.24, 2.45) is 0 Å². The largest absolute Gasteiger partial charge is 0.468 e. The van der Waals surface area contributed by atoms with E-state index >= 15 is 0 Å². The second kappa shape index (κ2) is 6.96. The Morgan fingerprint density at radius 3 is 2.65 bits per heavy atom. The monoisotopic (exact) mass is 322 g/mol. The summed E-state index contributed by atoms with van der Waals surface area (Å²) >= 11 is 0. The molecule has 23 heavy (non-hydrogen) atoms. The lowest BCUT2D eigenvalue weighted by molar-refractivity contribution is -0.147. The number of carbonyl (C=O) groups excluding carboxylic acids is 3. The third kappa shape index (κ3) is 3.29. The van der Waals surface area contributed by atoms with Crippen molar-refractivity contribution >= 4 is 17.9 Å². The molecule has 1 spiro atoms. The van der Waals surface area contributed by atoms with Gasteiger partial charge in [0.25, 0.3) is 5.91 Å². The number of ether oxygens (including phenoxy) is 1. The summed E-state index contributed by atoms with van der Waals surface area (Å²) < 4.78 is 4.74. The Morgan fingerprint density at radius 1 is 1.43 bits per heavy atom. The van der Waals surface area contributed by atoms with E-state index < -0.39 is 5.54 Å². The highest BCUT2D eigenvalue weighted by atomic mass is 16.5. The van der Waals surface area contributed by atoms with Gasteiger partial charge in [-0.1, -0.05) is 0 Å². The third-order valence-corrected chi connectivity index (χ3v) is 4.66. The van der Waals surface area contributed by atoms with Crippen molar-refractivity contribution in [1.29, 1.82) is 5.26 Å². The molecule has 2 rings (SSSR count).